The van der Waals surface area contributed by atoms with Gasteiger partial charge in [0.25, 0.3) is 0 Å². The van der Waals surface area contributed by atoms with Crippen molar-refractivity contribution in [3.8, 4) is 5.75 Å². The van der Waals surface area contributed by atoms with Crippen LogP contribution < -0.4 is 4.74 Å². The maximum atomic E-state index is 6.63. The molecule has 1 aliphatic heterocycles. The third kappa shape index (κ3) is 2.38. The molecule has 18 heavy (non-hydrogen) atoms. The Bertz CT molecular complexity index is 421. The summed E-state index contributed by atoms with van der Waals surface area (Å²) in [5, 5.41) is 0.113. The van der Waals surface area contributed by atoms with Crippen LogP contribution in [0.1, 0.15) is 57.0 Å². The molecule has 1 unspecified atom stereocenters. The van der Waals surface area contributed by atoms with E-state index >= 15 is 0 Å². The van der Waals surface area contributed by atoms with E-state index in [1.165, 1.54) is 11.1 Å². The molecular formula is C16H23ClO. The Morgan fingerprint density at radius 1 is 1.28 bits per heavy atom. The average molecular weight is 267 g/mol. The lowest BCUT2D eigenvalue weighted by Crippen LogP contribution is -2.18. The molecule has 0 aromatic heterocycles. The molecular weight excluding hydrogens is 244 g/mol. The molecule has 1 aromatic rings. The Balaban J connectivity index is 2.32. The summed E-state index contributed by atoms with van der Waals surface area (Å²) in [7, 11) is 0. The lowest BCUT2D eigenvalue weighted by molar-refractivity contribution is 0.291. The van der Waals surface area contributed by atoms with Crippen LogP contribution >= 0.6 is 11.6 Å². The van der Waals surface area contributed by atoms with E-state index in [1.807, 2.05) is 0 Å². The van der Waals surface area contributed by atoms with E-state index in [-0.39, 0.29) is 10.8 Å². The summed E-state index contributed by atoms with van der Waals surface area (Å²) in [6.07, 6.45) is 2.25. The summed E-state index contributed by atoms with van der Waals surface area (Å²) in [5.74, 6) is 1.58. The largest absolute Gasteiger partial charge is 0.492 e. The molecule has 1 atom stereocenters. The molecule has 1 aliphatic rings. The maximum Gasteiger partial charge on any atom is 0.123 e. The predicted octanol–water partition coefficient (Wildman–Crippen LogP) is 5.07. The van der Waals surface area contributed by atoms with Crippen molar-refractivity contribution in [1.29, 1.82) is 0 Å². The highest BCUT2D eigenvalue weighted by molar-refractivity contribution is 6.21. The smallest absolute Gasteiger partial charge is 0.123 e. The van der Waals surface area contributed by atoms with E-state index in [9.17, 15) is 0 Å². The monoisotopic (exact) mass is 266 g/mol. The quantitative estimate of drug-likeness (QED) is 0.691. The van der Waals surface area contributed by atoms with Crippen LogP contribution in [0.15, 0.2) is 18.2 Å². The minimum Gasteiger partial charge on any atom is -0.492 e. The third-order valence-corrected chi connectivity index (χ3v) is 4.71. The number of rotatable bonds is 4. The molecule has 0 saturated carbocycles. The third-order valence-electron chi connectivity index (χ3n) is 4.10. The fraction of sp³-hybridized carbons (Fsp3) is 0.625. The van der Waals surface area contributed by atoms with Crippen LogP contribution in [0.25, 0.3) is 0 Å². The Labute approximate surface area is 115 Å². The molecule has 0 N–H and O–H groups in total. The van der Waals surface area contributed by atoms with Gasteiger partial charge < -0.3 is 4.74 Å². The van der Waals surface area contributed by atoms with E-state index in [2.05, 4.69) is 45.9 Å². The first kappa shape index (κ1) is 13.7. The summed E-state index contributed by atoms with van der Waals surface area (Å²) in [6, 6.07) is 6.45. The lowest BCUT2D eigenvalue weighted by atomic mass is 9.84. The zero-order chi connectivity index (χ0) is 13.3. The van der Waals surface area contributed by atoms with Crippen molar-refractivity contribution < 1.29 is 4.74 Å². The molecule has 0 radical (unpaired) electrons. The van der Waals surface area contributed by atoms with Crippen LogP contribution in [-0.2, 0) is 5.41 Å². The average Bonchev–Trinajstić information content (AvgIpc) is 2.66. The van der Waals surface area contributed by atoms with Crippen molar-refractivity contribution in [1.82, 2.24) is 0 Å². The first-order valence-electron chi connectivity index (χ1n) is 6.91. The van der Waals surface area contributed by atoms with E-state index in [0.717, 1.165) is 25.2 Å². The van der Waals surface area contributed by atoms with E-state index < -0.39 is 0 Å². The molecule has 0 amide bonds. The first-order valence-corrected chi connectivity index (χ1v) is 7.34. The summed E-state index contributed by atoms with van der Waals surface area (Å²) < 4.78 is 5.72. The summed E-state index contributed by atoms with van der Waals surface area (Å²) in [4.78, 5) is 0. The minimum absolute atomic E-state index is 0.107. The Morgan fingerprint density at radius 2 is 1.94 bits per heavy atom. The van der Waals surface area contributed by atoms with E-state index in [1.54, 1.807) is 0 Å². The number of benzene rings is 1. The molecule has 0 spiro atoms. The second-order valence-electron chi connectivity index (χ2n) is 5.91. The molecule has 1 heterocycles. The van der Waals surface area contributed by atoms with Gasteiger partial charge in [0.15, 0.2) is 0 Å². The van der Waals surface area contributed by atoms with Gasteiger partial charge in [-0.2, -0.15) is 0 Å². The Morgan fingerprint density at radius 3 is 2.56 bits per heavy atom. The van der Waals surface area contributed by atoms with Crippen LogP contribution in [-0.4, -0.2) is 6.61 Å². The summed E-state index contributed by atoms with van der Waals surface area (Å²) >= 11 is 6.63. The van der Waals surface area contributed by atoms with E-state index in [4.69, 9.17) is 16.3 Å². The van der Waals surface area contributed by atoms with E-state index in [0.29, 0.717) is 5.92 Å². The second kappa shape index (κ2) is 5.13. The van der Waals surface area contributed by atoms with Crippen molar-refractivity contribution >= 4 is 11.6 Å². The number of halogens is 1. The minimum atomic E-state index is 0.107. The van der Waals surface area contributed by atoms with Gasteiger partial charge in [0.2, 0.25) is 0 Å². The molecule has 0 fully saturated rings. The van der Waals surface area contributed by atoms with Gasteiger partial charge in [-0.3, -0.25) is 0 Å². The van der Waals surface area contributed by atoms with Crippen LogP contribution in [0.5, 0.6) is 5.75 Å². The topological polar surface area (TPSA) is 9.23 Å². The van der Waals surface area contributed by atoms with Gasteiger partial charge in [-0.05, 0) is 23.6 Å². The van der Waals surface area contributed by atoms with Crippen LogP contribution in [0, 0.1) is 5.92 Å². The molecule has 2 rings (SSSR count). The summed E-state index contributed by atoms with van der Waals surface area (Å²) in [5.41, 5.74) is 2.65. The van der Waals surface area contributed by atoms with Gasteiger partial charge in [-0.1, -0.05) is 46.6 Å². The van der Waals surface area contributed by atoms with Crippen LogP contribution in [0.2, 0.25) is 0 Å². The molecule has 0 aliphatic carbocycles. The maximum absolute atomic E-state index is 6.63. The number of ether oxygens (including phenoxy) is 1. The van der Waals surface area contributed by atoms with Gasteiger partial charge in [-0.25, -0.2) is 0 Å². The zero-order valence-corrected chi connectivity index (χ0v) is 12.6. The van der Waals surface area contributed by atoms with Crippen LogP contribution in [0.4, 0.5) is 0 Å². The number of fused-ring (bicyclic) bond motifs is 1. The molecule has 0 bridgehead atoms. The summed E-state index contributed by atoms with van der Waals surface area (Å²) in [6.45, 7) is 9.64. The first-order chi connectivity index (χ1) is 8.49. The van der Waals surface area contributed by atoms with Gasteiger partial charge in [-0.15, -0.1) is 11.6 Å². The number of hydrogen-bond donors (Lipinski definition) is 0. The predicted molar refractivity (Wildman–Crippen MR) is 77.6 cm³/mol. The lowest BCUT2D eigenvalue weighted by Gasteiger charge is -2.22. The van der Waals surface area contributed by atoms with Crippen molar-refractivity contribution in [3.05, 3.63) is 29.3 Å². The van der Waals surface area contributed by atoms with Crippen molar-refractivity contribution in [3.63, 3.8) is 0 Å². The fourth-order valence-corrected chi connectivity index (χ4v) is 3.18. The van der Waals surface area contributed by atoms with Crippen molar-refractivity contribution in [2.24, 2.45) is 5.92 Å². The SMILES string of the molecule is CCC(CC)C(Cl)c1ccc2c(c1)C(C)(C)CO2. The molecule has 0 saturated heterocycles. The van der Waals surface area contributed by atoms with Crippen LogP contribution in [0.3, 0.4) is 0 Å². The second-order valence-corrected chi connectivity index (χ2v) is 6.38. The van der Waals surface area contributed by atoms with Gasteiger partial charge in [0, 0.05) is 11.0 Å². The van der Waals surface area contributed by atoms with Gasteiger partial charge in [0.05, 0.1) is 12.0 Å². The molecule has 2 heteroatoms. The zero-order valence-electron chi connectivity index (χ0n) is 11.8. The highest BCUT2D eigenvalue weighted by atomic mass is 35.5. The fourth-order valence-electron chi connectivity index (χ4n) is 2.68. The standard InChI is InChI=1S/C16H23ClO/c1-5-11(6-2)15(17)12-7-8-14-13(9-12)16(3,4)10-18-14/h7-9,11,15H,5-6,10H2,1-4H3. The highest BCUT2D eigenvalue weighted by Gasteiger charge is 2.32. The van der Waals surface area contributed by atoms with Crippen molar-refractivity contribution in [2.75, 3.05) is 6.61 Å². The number of alkyl halides is 1. The molecule has 100 valence electrons. The normalized spacial score (nSPS) is 18.6. The Kier molecular flexibility index (Phi) is 3.91. The Hall–Kier alpha value is -0.690. The highest BCUT2D eigenvalue weighted by Crippen LogP contribution is 2.42. The van der Waals surface area contributed by atoms with Crippen molar-refractivity contribution in [2.45, 2.75) is 51.3 Å². The number of hydrogen-bond acceptors (Lipinski definition) is 1. The molecule has 1 nitrogen and oxygen atoms in total. The van der Waals surface area contributed by atoms with Gasteiger partial charge >= 0.3 is 0 Å². The molecule has 1 aromatic carbocycles. The van der Waals surface area contributed by atoms with Gasteiger partial charge in [0.1, 0.15) is 5.75 Å².